The van der Waals surface area contributed by atoms with Crippen LogP contribution in [0.3, 0.4) is 0 Å². The van der Waals surface area contributed by atoms with Gasteiger partial charge < -0.3 is 10.7 Å². The van der Waals surface area contributed by atoms with Crippen molar-refractivity contribution in [3.05, 3.63) is 20.8 Å². The van der Waals surface area contributed by atoms with Gasteiger partial charge in [-0.3, -0.25) is 0 Å². The largest absolute Gasteiger partial charge is 0.357 e. The van der Waals surface area contributed by atoms with Crippen molar-refractivity contribution in [2.45, 2.75) is 6.54 Å². The van der Waals surface area contributed by atoms with E-state index in [4.69, 9.17) is 18.1 Å². The second-order valence-corrected chi connectivity index (χ2v) is 4.38. The van der Waals surface area contributed by atoms with Crippen molar-refractivity contribution in [3.8, 4) is 0 Å². The van der Waals surface area contributed by atoms with Crippen molar-refractivity contribution >= 4 is 44.6 Å². The molecule has 0 saturated heterocycles. The molecule has 0 amide bonds. The highest BCUT2D eigenvalue weighted by Crippen LogP contribution is 2.19. The Balaban J connectivity index is 2.38. The molecule has 4 N–H and O–H groups in total. The Bertz CT molecular complexity index is 274. The first-order valence-corrected chi connectivity index (χ1v) is 5.28. The van der Waals surface area contributed by atoms with Crippen molar-refractivity contribution < 1.29 is 0 Å². The number of rotatable bonds is 2. The van der Waals surface area contributed by atoms with Gasteiger partial charge in [-0.25, -0.2) is 5.84 Å². The van der Waals surface area contributed by atoms with Crippen molar-refractivity contribution in [1.82, 2.24) is 10.7 Å². The van der Waals surface area contributed by atoms with Crippen LogP contribution in [0.4, 0.5) is 0 Å². The molecule has 0 bridgehead atoms. The second-order valence-electron chi connectivity index (χ2n) is 2.06. The number of halogens is 1. The van der Waals surface area contributed by atoms with Crippen molar-refractivity contribution in [1.29, 1.82) is 0 Å². The molecule has 66 valence electrons. The van der Waals surface area contributed by atoms with E-state index in [-0.39, 0.29) is 0 Å². The number of nitrogens with two attached hydrogens (primary N) is 1. The van der Waals surface area contributed by atoms with Crippen LogP contribution in [0.5, 0.6) is 0 Å². The summed E-state index contributed by atoms with van der Waals surface area (Å²) in [6.45, 7) is 0.708. The number of hydrogen-bond donors (Lipinski definition) is 3. The normalized spacial score (nSPS) is 9.50. The van der Waals surface area contributed by atoms with Gasteiger partial charge in [0.25, 0.3) is 0 Å². The first kappa shape index (κ1) is 9.91. The summed E-state index contributed by atoms with van der Waals surface area (Å²) in [5, 5.41) is 5.43. The zero-order valence-corrected chi connectivity index (χ0v) is 9.35. The Kier molecular flexibility index (Phi) is 3.93. The molecule has 0 aliphatic carbocycles. The van der Waals surface area contributed by atoms with Gasteiger partial charge in [-0.05, 0) is 34.2 Å². The second kappa shape index (κ2) is 4.76. The average molecular weight is 266 g/mol. The van der Waals surface area contributed by atoms with Gasteiger partial charge in [0.1, 0.15) is 0 Å². The SMILES string of the molecule is NNC(=S)NCc1cc(Br)cs1. The lowest BCUT2D eigenvalue weighted by molar-refractivity contribution is 0.878. The molecule has 0 aromatic carbocycles. The lowest BCUT2D eigenvalue weighted by atomic mass is 10.5. The molecule has 3 nitrogen and oxygen atoms in total. The number of nitrogens with one attached hydrogen (secondary N) is 2. The Morgan fingerprint density at radius 3 is 3.00 bits per heavy atom. The molecule has 12 heavy (non-hydrogen) atoms. The van der Waals surface area contributed by atoms with Crippen LogP contribution in [0.1, 0.15) is 4.88 Å². The molecule has 1 heterocycles. The number of hydrazine groups is 1. The molecule has 0 aliphatic heterocycles. The Labute approximate surface area is 88.4 Å². The maximum atomic E-state index is 5.08. The van der Waals surface area contributed by atoms with Gasteiger partial charge in [0.05, 0.1) is 6.54 Å². The fourth-order valence-electron chi connectivity index (χ4n) is 0.665. The zero-order valence-electron chi connectivity index (χ0n) is 6.13. The van der Waals surface area contributed by atoms with Crippen molar-refractivity contribution in [2.75, 3.05) is 0 Å². The number of hydrogen-bond acceptors (Lipinski definition) is 3. The molecule has 1 aromatic rings. The van der Waals surface area contributed by atoms with E-state index in [0.29, 0.717) is 11.7 Å². The maximum Gasteiger partial charge on any atom is 0.180 e. The lowest BCUT2D eigenvalue weighted by Gasteiger charge is -2.03. The summed E-state index contributed by atoms with van der Waals surface area (Å²) in [7, 11) is 0. The molecule has 0 unspecified atom stereocenters. The summed E-state index contributed by atoms with van der Waals surface area (Å²) in [4.78, 5) is 1.21. The predicted molar refractivity (Wildman–Crippen MR) is 58.8 cm³/mol. The molecule has 0 aliphatic rings. The standard InChI is InChI=1S/C6H8BrN3S2/c7-4-1-5(12-3-4)2-9-6(11)10-8/h1,3H,2,8H2,(H2,9,10,11). The molecule has 0 fully saturated rings. The maximum absolute atomic E-state index is 5.08. The third-order valence-corrected chi connectivity index (χ3v) is 3.14. The highest BCUT2D eigenvalue weighted by Gasteiger charge is 1.97. The Hall–Kier alpha value is -0.170. The van der Waals surface area contributed by atoms with Gasteiger partial charge in [-0.1, -0.05) is 0 Å². The summed E-state index contributed by atoms with van der Waals surface area (Å²) in [6, 6.07) is 2.04. The van der Waals surface area contributed by atoms with E-state index in [1.165, 1.54) is 4.88 Å². The molecule has 0 spiro atoms. The fourth-order valence-corrected chi connectivity index (χ4v) is 2.13. The highest BCUT2D eigenvalue weighted by atomic mass is 79.9. The third kappa shape index (κ3) is 3.06. The highest BCUT2D eigenvalue weighted by molar-refractivity contribution is 9.10. The van der Waals surface area contributed by atoms with E-state index in [1.807, 2.05) is 11.4 Å². The number of thiophene rings is 1. The van der Waals surface area contributed by atoms with Gasteiger partial charge in [-0.2, -0.15) is 0 Å². The minimum absolute atomic E-state index is 0.458. The molecular weight excluding hydrogens is 258 g/mol. The lowest BCUT2D eigenvalue weighted by Crippen LogP contribution is -2.39. The molecule has 0 radical (unpaired) electrons. The van der Waals surface area contributed by atoms with Gasteiger partial charge in [0.2, 0.25) is 0 Å². The topological polar surface area (TPSA) is 50.1 Å². The van der Waals surface area contributed by atoms with Crippen LogP contribution in [-0.4, -0.2) is 5.11 Å². The monoisotopic (exact) mass is 265 g/mol. The minimum atomic E-state index is 0.458. The first-order chi connectivity index (χ1) is 5.72. The molecular formula is C6H8BrN3S2. The minimum Gasteiger partial charge on any atom is -0.357 e. The van der Waals surface area contributed by atoms with Crippen LogP contribution in [0.25, 0.3) is 0 Å². The van der Waals surface area contributed by atoms with Crippen LogP contribution >= 0.6 is 39.5 Å². The molecule has 1 rings (SSSR count). The predicted octanol–water partition coefficient (Wildman–Crippen LogP) is 1.35. The summed E-state index contributed by atoms with van der Waals surface area (Å²) >= 11 is 9.84. The van der Waals surface area contributed by atoms with Crippen LogP contribution in [0, 0.1) is 0 Å². The molecule has 6 heteroatoms. The first-order valence-electron chi connectivity index (χ1n) is 3.19. The van der Waals surface area contributed by atoms with Crippen molar-refractivity contribution in [2.24, 2.45) is 5.84 Å². The molecule has 0 saturated carbocycles. The zero-order chi connectivity index (χ0) is 8.97. The van der Waals surface area contributed by atoms with E-state index in [0.717, 1.165) is 4.47 Å². The average Bonchev–Trinajstić information content (AvgIpc) is 2.47. The Morgan fingerprint density at radius 1 is 1.75 bits per heavy atom. The van der Waals surface area contributed by atoms with E-state index in [1.54, 1.807) is 11.3 Å². The fraction of sp³-hybridized carbons (Fsp3) is 0.167. The summed E-state index contributed by atoms with van der Waals surface area (Å²) < 4.78 is 1.09. The van der Waals surface area contributed by atoms with E-state index >= 15 is 0 Å². The van der Waals surface area contributed by atoms with Crippen LogP contribution in [0.2, 0.25) is 0 Å². The molecule has 0 atom stereocenters. The van der Waals surface area contributed by atoms with E-state index < -0.39 is 0 Å². The quantitative estimate of drug-likeness (QED) is 0.429. The number of thiocarbonyl (C=S) groups is 1. The van der Waals surface area contributed by atoms with Gasteiger partial charge in [-0.15, -0.1) is 11.3 Å². The Morgan fingerprint density at radius 2 is 2.50 bits per heavy atom. The smallest absolute Gasteiger partial charge is 0.180 e. The third-order valence-electron chi connectivity index (χ3n) is 1.18. The van der Waals surface area contributed by atoms with Crippen LogP contribution < -0.4 is 16.6 Å². The van der Waals surface area contributed by atoms with Gasteiger partial charge in [0.15, 0.2) is 5.11 Å². The van der Waals surface area contributed by atoms with E-state index in [2.05, 4.69) is 26.7 Å². The molecule has 1 aromatic heterocycles. The van der Waals surface area contributed by atoms with Crippen molar-refractivity contribution in [3.63, 3.8) is 0 Å². The van der Waals surface area contributed by atoms with Gasteiger partial charge >= 0.3 is 0 Å². The van der Waals surface area contributed by atoms with Gasteiger partial charge in [0, 0.05) is 14.7 Å². The summed E-state index contributed by atoms with van der Waals surface area (Å²) in [5.41, 5.74) is 2.36. The summed E-state index contributed by atoms with van der Waals surface area (Å²) in [6.07, 6.45) is 0. The van der Waals surface area contributed by atoms with Crippen LogP contribution in [0.15, 0.2) is 15.9 Å². The summed E-state index contributed by atoms with van der Waals surface area (Å²) in [5.74, 6) is 5.08. The van der Waals surface area contributed by atoms with E-state index in [9.17, 15) is 0 Å². The van der Waals surface area contributed by atoms with Crippen LogP contribution in [-0.2, 0) is 6.54 Å².